The summed E-state index contributed by atoms with van der Waals surface area (Å²) >= 11 is 0. The van der Waals surface area contributed by atoms with E-state index in [-0.39, 0.29) is 0 Å². The number of aryl methyl sites for hydroxylation is 3. The van der Waals surface area contributed by atoms with E-state index in [9.17, 15) is 0 Å². The Morgan fingerprint density at radius 2 is 1.76 bits per heavy atom. The zero-order valence-electron chi connectivity index (χ0n) is 15.4. The van der Waals surface area contributed by atoms with Gasteiger partial charge in [-0.05, 0) is 49.4 Å². The standard InChI is InChI=1S/C23H26N2/c1-17-14-18(2)23(19(3)15-17)25-13-12-24(16-25)11-10-21-9-8-20-6-4-5-7-22(20)21/h4-9,12-15,21H,10-11,16H2,1-3H3. The molecule has 0 saturated carbocycles. The zero-order chi connectivity index (χ0) is 17.4. The molecule has 0 radical (unpaired) electrons. The van der Waals surface area contributed by atoms with Gasteiger partial charge in [-0.3, -0.25) is 0 Å². The van der Waals surface area contributed by atoms with Gasteiger partial charge in [-0.15, -0.1) is 0 Å². The summed E-state index contributed by atoms with van der Waals surface area (Å²) in [7, 11) is 0. The molecular formula is C23H26N2. The number of benzene rings is 2. The summed E-state index contributed by atoms with van der Waals surface area (Å²) < 4.78 is 0. The average Bonchev–Trinajstić information content (AvgIpc) is 3.19. The molecule has 1 aliphatic heterocycles. The molecule has 4 rings (SSSR count). The molecule has 1 atom stereocenters. The van der Waals surface area contributed by atoms with Gasteiger partial charge in [0.1, 0.15) is 0 Å². The van der Waals surface area contributed by atoms with Crippen LogP contribution in [0.4, 0.5) is 5.69 Å². The molecule has 25 heavy (non-hydrogen) atoms. The van der Waals surface area contributed by atoms with Crippen molar-refractivity contribution in [1.82, 2.24) is 4.90 Å². The van der Waals surface area contributed by atoms with Crippen LogP contribution in [0.1, 0.15) is 40.2 Å². The van der Waals surface area contributed by atoms with Crippen LogP contribution < -0.4 is 4.90 Å². The van der Waals surface area contributed by atoms with Crippen molar-refractivity contribution in [3.63, 3.8) is 0 Å². The summed E-state index contributed by atoms with van der Waals surface area (Å²) in [6.45, 7) is 8.63. The first kappa shape index (κ1) is 16.0. The first-order chi connectivity index (χ1) is 12.1. The number of nitrogens with zero attached hydrogens (tertiary/aromatic N) is 2. The lowest BCUT2D eigenvalue weighted by atomic mass is 9.97. The van der Waals surface area contributed by atoms with Crippen LogP contribution in [0.25, 0.3) is 6.08 Å². The highest BCUT2D eigenvalue weighted by Gasteiger charge is 2.20. The molecule has 0 bridgehead atoms. The first-order valence-electron chi connectivity index (χ1n) is 9.16. The number of hydrogen-bond acceptors (Lipinski definition) is 2. The van der Waals surface area contributed by atoms with Crippen molar-refractivity contribution < 1.29 is 0 Å². The smallest absolute Gasteiger partial charge is 0.0942 e. The van der Waals surface area contributed by atoms with Gasteiger partial charge in [0.05, 0.1) is 6.67 Å². The molecule has 0 amide bonds. The molecular weight excluding hydrogens is 304 g/mol. The molecule has 1 unspecified atom stereocenters. The Kier molecular flexibility index (Phi) is 4.12. The van der Waals surface area contributed by atoms with Crippen LogP contribution >= 0.6 is 0 Å². The van der Waals surface area contributed by atoms with E-state index in [1.807, 2.05) is 0 Å². The largest absolute Gasteiger partial charge is 0.358 e. The Labute approximate surface area is 151 Å². The van der Waals surface area contributed by atoms with E-state index in [2.05, 4.69) is 91.5 Å². The third-order valence-electron chi connectivity index (χ3n) is 5.34. The summed E-state index contributed by atoms with van der Waals surface area (Å²) in [6.07, 6.45) is 10.3. The van der Waals surface area contributed by atoms with Gasteiger partial charge < -0.3 is 9.80 Å². The monoisotopic (exact) mass is 330 g/mol. The van der Waals surface area contributed by atoms with Gasteiger partial charge in [0, 0.05) is 30.5 Å². The minimum absolute atomic E-state index is 0.557. The fraction of sp³-hybridized carbons (Fsp3) is 0.304. The Hall–Kier alpha value is -2.48. The summed E-state index contributed by atoms with van der Waals surface area (Å²) in [4.78, 5) is 4.80. The van der Waals surface area contributed by atoms with Crippen LogP contribution in [-0.4, -0.2) is 18.1 Å². The molecule has 0 spiro atoms. The van der Waals surface area contributed by atoms with Crippen molar-refractivity contribution in [3.05, 3.63) is 82.7 Å². The van der Waals surface area contributed by atoms with E-state index in [1.54, 1.807) is 0 Å². The number of anilines is 1. The maximum atomic E-state index is 2.42. The molecule has 2 aromatic carbocycles. The summed E-state index contributed by atoms with van der Waals surface area (Å²) in [5.41, 5.74) is 8.28. The summed E-state index contributed by atoms with van der Waals surface area (Å²) in [6, 6.07) is 13.3. The molecule has 0 aromatic heterocycles. The zero-order valence-corrected chi connectivity index (χ0v) is 15.4. The minimum Gasteiger partial charge on any atom is -0.358 e. The maximum Gasteiger partial charge on any atom is 0.0942 e. The van der Waals surface area contributed by atoms with Gasteiger partial charge in [0.25, 0.3) is 0 Å². The van der Waals surface area contributed by atoms with E-state index in [1.165, 1.54) is 33.5 Å². The summed E-state index contributed by atoms with van der Waals surface area (Å²) in [5, 5.41) is 0. The van der Waals surface area contributed by atoms with Crippen molar-refractivity contribution in [2.24, 2.45) is 0 Å². The Balaban J connectivity index is 1.40. The molecule has 2 aromatic rings. The van der Waals surface area contributed by atoms with Crippen LogP contribution in [0, 0.1) is 20.8 Å². The lowest BCUT2D eigenvalue weighted by molar-refractivity contribution is 0.391. The Bertz CT molecular complexity index is 824. The van der Waals surface area contributed by atoms with Gasteiger partial charge in [-0.25, -0.2) is 0 Å². The highest BCUT2D eigenvalue weighted by atomic mass is 15.3. The highest BCUT2D eigenvalue weighted by Crippen LogP contribution is 2.33. The Morgan fingerprint density at radius 1 is 1.00 bits per heavy atom. The molecule has 1 heterocycles. The topological polar surface area (TPSA) is 6.48 Å². The number of hydrogen-bond donors (Lipinski definition) is 0. The van der Waals surface area contributed by atoms with Crippen molar-refractivity contribution in [2.45, 2.75) is 33.1 Å². The van der Waals surface area contributed by atoms with E-state index < -0.39 is 0 Å². The second kappa shape index (κ2) is 6.44. The lowest BCUT2D eigenvalue weighted by Crippen LogP contribution is -2.27. The maximum absolute atomic E-state index is 2.42. The van der Waals surface area contributed by atoms with Gasteiger partial charge in [-0.1, -0.05) is 54.1 Å². The highest BCUT2D eigenvalue weighted by molar-refractivity contribution is 5.63. The van der Waals surface area contributed by atoms with Crippen LogP contribution in [0.15, 0.2) is 54.9 Å². The predicted molar refractivity (Wildman–Crippen MR) is 107 cm³/mol. The fourth-order valence-corrected chi connectivity index (χ4v) is 4.26. The third-order valence-corrected chi connectivity index (χ3v) is 5.34. The second-order valence-electron chi connectivity index (χ2n) is 7.35. The van der Waals surface area contributed by atoms with Crippen LogP contribution in [0.5, 0.6) is 0 Å². The van der Waals surface area contributed by atoms with Crippen molar-refractivity contribution >= 4 is 11.8 Å². The molecule has 2 aliphatic rings. The summed E-state index contributed by atoms with van der Waals surface area (Å²) in [5.74, 6) is 0.557. The van der Waals surface area contributed by atoms with Gasteiger partial charge >= 0.3 is 0 Å². The number of fused-ring (bicyclic) bond motifs is 1. The van der Waals surface area contributed by atoms with Crippen molar-refractivity contribution in [1.29, 1.82) is 0 Å². The SMILES string of the molecule is Cc1cc(C)c(N2C=CN(CCC3C=Cc4ccccc43)C2)c(C)c1. The second-order valence-corrected chi connectivity index (χ2v) is 7.35. The number of allylic oxidation sites excluding steroid dienone is 1. The fourth-order valence-electron chi connectivity index (χ4n) is 4.26. The first-order valence-corrected chi connectivity index (χ1v) is 9.16. The minimum atomic E-state index is 0.557. The molecule has 128 valence electrons. The average molecular weight is 330 g/mol. The van der Waals surface area contributed by atoms with E-state index >= 15 is 0 Å². The van der Waals surface area contributed by atoms with E-state index in [4.69, 9.17) is 0 Å². The van der Waals surface area contributed by atoms with Crippen LogP contribution in [-0.2, 0) is 0 Å². The molecule has 2 heteroatoms. The molecule has 1 aliphatic carbocycles. The Morgan fingerprint density at radius 3 is 2.56 bits per heavy atom. The van der Waals surface area contributed by atoms with Gasteiger partial charge in [0.15, 0.2) is 0 Å². The molecule has 0 saturated heterocycles. The molecule has 0 N–H and O–H groups in total. The van der Waals surface area contributed by atoms with Gasteiger partial charge in [0.2, 0.25) is 0 Å². The number of rotatable bonds is 4. The third kappa shape index (κ3) is 3.09. The van der Waals surface area contributed by atoms with Gasteiger partial charge in [-0.2, -0.15) is 0 Å². The van der Waals surface area contributed by atoms with Crippen LogP contribution in [0.3, 0.4) is 0 Å². The van der Waals surface area contributed by atoms with E-state index in [0.29, 0.717) is 5.92 Å². The van der Waals surface area contributed by atoms with Crippen molar-refractivity contribution in [3.8, 4) is 0 Å². The predicted octanol–water partition coefficient (Wildman–Crippen LogP) is 5.36. The molecule has 2 nitrogen and oxygen atoms in total. The molecule has 0 fully saturated rings. The van der Waals surface area contributed by atoms with Crippen LogP contribution in [0.2, 0.25) is 0 Å². The van der Waals surface area contributed by atoms with E-state index in [0.717, 1.165) is 19.6 Å². The quantitative estimate of drug-likeness (QED) is 0.744. The normalized spacial score (nSPS) is 18.3. The lowest BCUT2D eigenvalue weighted by Gasteiger charge is -2.25. The van der Waals surface area contributed by atoms with Crippen molar-refractivity contribution in [2.75, 3.05) is 18.1 Å².